The lowest BCUT2D eigenvalue weighted by molar-refractivity contribution is -0.148. The van der Waals surface area contributed by atoms with Crippen molar-refractivity contribution in [2.75, 3.05) is 13.7 Å². The molecule has 132 valence electrons. The number of carbonyl (C=O) groups excluding carboxylic acids is 1. The fraction of sp³-hybridized carbons (Fsp3) is 0.300. The minimum absolute atomic E-state index is 0.000556. The lowest BCUT2D eigenvalue weighted by Gasteiger charge is -2.13. The number of carboxylic acid groups (broad SMARTS) is 1. The van der Waals surface area contributed by atoms with Crippen LogP contribution < -0.4 is 4.74 Å². The zero-order valence-electron chi connectivity index (χ0n) is 14.3. The Bertz CT molecular complexity index is 694. The van der Waals surface area contributed by atoms with Crippen LogP contribution in [0.5, 0.6) is 5.75 Å². The molecule has 0 saturated carbocycles. The molecule has 2 atom stereocenters. The molecule has 0 radical (unpaired) electrons. The van der Waals surface area contributed by atoms with E-state index >= 15 is 0 Å². The van der Waals surface area contributed by atoms with Crippen LogP contribution in [0.1, 0.15) is 24.0 Å². The molecule has 2 aromatic carbocycles. The van der Waals surface area contributed by atoms with Gasteiger partial charge in [-0.25, -0.2) is 4.79 Å². The van der Waals surface area contributed by atoms with E-state index in [4.69, 9.17) is 14.6 Å². The Morgan fingerprint density at radius 2 is 1.68 bits per heavy atom. The molecule has 0 amide bonds. The van der Waals surface area contributed by atoms with Crippen molar-refractivity contribution in [2.24, 2.45) is 0 Å². The van der Waals surface area contributed by atoms with E-state index < -0.39 is 12.1 Å². The number of methoxy groups -OCH3 is 1. The van der Waals surface area contributed by atoms with Crippen LogP contribution in [0.2, 0.25) is 0 Å². The Morgan fingerprint density at radius 1 is 1.04 bits per heavy atom. The standard InChI is InChI=1S/C20H22O5/c1-14(16-6-4-3-5-7-16)18(21)13-25-17-10-8-15(9-11-17)12-19(24-2)20(22)23/h3-11,14,19H,12-13H2,1-2H3,(H,22,23)/t14?,19-/m0/s1. The smallest absolute Gasteiger partial charge is 0.333 e. The molecule has 0 aliphatic carbocycles. The summed E-state index contributed by atoms with van der Waals surface area (Å²) >= 11 is 0. The van der Waals surface area contributed by atoms with Gasteiger partial charge in [0.2, 0.25) is 0 Å². The van der Waals surface area contributed by atoms with Gasteiger partial charge >= 0.3 is 5.97 Å². The van der Waals surface area contributed by atoms with Gasteiger partial charge < -0.3 is 14.6 Å². The lowest BCUT2D eigenvalue weighted by atomic mass is 9.97. The number of rotatable bonds is 9. The highest BCUT2D eigenvalue weighted by molar-refractivity contribution is 5.86. The van der Waals surface area contributed by atoms with Crippen LogP contribution in [0.25, 0.3) is 0 Å². The molecule has 0 spiro atoms. The van der Waals surface area contributed by atoms with E-state index in [1.165, 1.54) is 7.11 Å². The van der Waals surface area contributed by atoms with Gasteiger partial charge in [0.25, 0.3) is 0 Å². The molecule has 5 nitrogen and oxygen atoms in total. The number of aliphatic carboxylic acids is 1. The van der Waals surface area contributed by atoms with Gasteiger partial charge in [-0.2, -0.15) is 0 Å². The summed E-state index contributed by atoms with van der Waals surface area (Å²) in [6.07, 6.45) is -0.601. The fourth-order valence-electron chi connectivity index (χ4n) is 2.41. The molecule has 1 unspecified atom stereocenters. The predicted octanol–water partition coefficient (Wildman–Crippen LogP) is 3.08. The molecule has 5 heteroatoms. The number of carboxylic acids is 1. The van der Waals surface area contributed by atoms with Gasteiger partial charge in [0.05, 0.1) is 0 Å². The number of hydrogen-bond donors (Lipinski definition) is 1. The Labute approximate surface area is 147 Å². The molecular formula is C20H22O5. The second kappa shape index (κ2) is 8.99. The summed E-state index contributed by atoms with van der Waals surface area (Å²) in [5, 5.41) is 8.99. The number of benzene rings is 2. The first kappa shape index (κ1) is 18.7. The summed E-state index contributed by atoms with van der Waals surface area (Å²) in [6.45, 7) is 1.85. The third-order valence-corrected chi connectivity index (χ3v) is 4.07. The largest absolute Gasteiger partial charge is 0.486 e. The van der Waals surface area contributed by atoms with Crippen molar-refractivity contribution in [3.8, 4) is 5.75 Å². The minimum atomic E-state index is -0.997. The normalized spacial score (nSPS) is 13.0. The van der Waals surface area contributed by atoms with E-state index in [1.54, 1.807) is 24.3 Å². The average Bonchev–Trinajstić information content (AvgIpc) is 2.64. The first-order valence-electron chi connectivity index (χ1n) is 8.06. The Morgan fingerprint density at radius 3 is 2.24 bits per heavy atom. The lowest BCUT2D eigenvalue weighted by Crippen LogP contribution is -2.24. The van der Waals surface area contributed by atoms with Crippen molar-refractivity contribution >= 4 is 11.8 Å². The van der Waals surface area contributed by atoms with Gasteiger partial charge in [-0.1, -0.05) is 49.4 Å². The molecule has 0 fully saturated rings. The van der Waals surface area contributed by atoms with Gasteiger partial charge in [-0.05, 0) is 23.3 Å². The Balaban J connectivity index is 1.89. The predicted molar refractivity (Wildman–Crippen MR) is 93.9 cm³/mol. The van der Waals surface area contributed by atoms with Crippen LogP contribution in [-0.4, -0.2) is 36.7 Å². The summed E-state index contributed by atoms with van der Waals surface area (Å²) in [7, 11) is 1.37. The maximum Gasteiger partial charge on any atom is 0.333 e. The van der Waals surface area contributed by atoms with E-state index in [9.17, 15) is 9.59 Å². The molecule has 0 heterocycles. The van der Waals surface area contributed by atoms with Gasteiger partial charge in [-0.3, -0.25) is 4.79 Å². The molecule has 2 aromatic rings. The van der Waals surface area contributed by atoms with Crippen LogP contribution >= 0.6 is 0 Å². The van der Waals surface area contributed by atoms with Crippen LogP contribution in [0, 0.1) is 0 Å². The van der Waals surface area contributed by atoms with Crippen molar-refractivity contribution in [3.63, 3.8) is 0 Å². The summed E-state index contributed by atoms with van der Waals surface area (Å²) in [5.74, 6) is -0.649. The van der Waals surface area contributed by atoms with Crippen molar-refractivity contribution < 1.29 is 24.2 Å². The topological polar surface area (TPSA) is 72.8 Å². The molecule has 25 heavy (non-hydrogen) atoms. The van der Waals surface area contributed by atoms with E-state index in [-0.39, 0.29) is 24.7 Å². The minimum Gasteiger partial charge on any atom is -0.486 e. The SMILES string of the molecule is CO[C@@H](Cc1ccc(OCC(=O)C(C)c2ccccc2)cc1)C(=O)O. The van der Waals surface area contributed by atoms with Crippen LogP contribution in [0.15, 0.2) is 54.6 Å². The second-order valence-electron chi connectivity index (χ2n) is 5.80. The van der Waals surface area contributed by atoms with E-state index in [1.807, 2.05) is 37.3 Å². The van der Waals surface area contributed by atoms with Gasteiger partial charge in [0.1, 0.15) is 12.4 Å². The summed E-state index contributed by atoms with van der Waals surface area (Å²) in [4.78, 5) is 23.2. The van der Waals surface area contributed by atoms with Gasteiger partial charge in [0.15, 0.2) is 11.9 Å². The quantitative estimate of drug-likeness (QED) is 0.758. The fourth-order valence-corrected chi connectivity index (χ4v) is 2.41. The first-order chi connectivity index (χ1) is 12.0. The maximum absolute atomic E-state index is 12.2. The summed E-state index contributed by atoms with van der Waals surface area (Å²) < 4.78 is 10.5. The average molecular weight is 342 g/mol. The number of ether oxygens (including phenoxy) is 2. The first-order valence-corrected chi connectivity index (χ1v) is 8.06. The molecule has 0 aromatic heterocycles. The van der Waals surface area contributed by atoms with E-state index in [2.05, 4.69) is 0 Å². The van der Waals surface area contributed by atoms with E-state index in [0.29, 0.717) is 5.75 Å². The highest BCUT2D eigenvalue weighted by Crippen LogP contribution is 2.18. The zero-order valence-corrected chi connectivity index (χ0v) is 14.3. The number of carbonyl (C=O) groups is 2. The Hall–Kier alpha value is -2.66. The highest BCUT2D eigenvalue weighted by atomic mass is 16.5. The number of ketones is 1. The molecule has 0 saturated heterocycles. The zero-order chi connectivity index (χ0) is 18.2. The molecule has 0 aliphatic rings. The monoisotopic (exact) mass is 342 g/mol. The van der Waals surface area contributed by atoms with Crippen molar-refractivity contribution in [2.45, 2.75) is 25.4 Å². The molecule has 2 rings (SSSR count). The van der Waals surface area contributed by atoms with Crippen LogP contribution in [-0.2, 0) is 20.7 Å². The van der Waals surface area contributed by atoms with Crippen molar-refractivity contribution in [1.82, 2.24) is 0 Å². The third-order valence-electron chi connectivity index (χ3n) is 4.07. The van der Waals surface area contributed by atoms with E-state index in [0.717, 1.165) is 11.1 Å². The van der Waals surface area contributed by atoms with Gasteiger partial charge in [-0.15, -0.1) is 0 Å². The maximum atomic E-state index is 12.2. The second-order valence-corrected chi connectivity index (χ2v) is 5.80. The highest BCUT2D eigenvalue weighted by Gasteiger charge is 2.17. The van der Waals surface area contributed by atoms with Gasteiger partial charge in [0, 0.05) is 19.4 Å². The summed E-state index contributed by atoms with van der Waals surface area (Å²) in [6, 6.07) is 16.6. The Kier molecular flexibility index (Phi) is 6.71. The van der Waals surface area contributed by atoms with Crippen LogP contribution in [0.4, 0.5) is 0 Å². The third kappa shape index (κ3) is 5.43. The number of Topliss-reactive ketones (excluding diaryl/α,β-unsaturated/α-hetero) is 1. The summed E-state index contributed by atoms with van der Waals surface area (Å²) in [5.41, 5.74) is 1.79. The molecule has 0 bridgehead atoms. The van der Waals surface area contributed by atoms with Crippen molar-refractivity contribution in [1.29, 1.82) is 0 Å². The van der Waals surface area contributed by atoms with Crippen molar-refractivity contribution in [3.05, 3.63) is 65.7 Å². The molecular weight excluding hydrogens is 320 g/mol. The molecule has 0 aliphatic heterocycles. The number of hydrogen-bond acceptors (Lipinski definition) is 4. The van der Waals surface area contributed by atoms with Crippen LogP contribution in [0.3, 0.4) is 0 Å². The molecule has 1 N–H and O–H groups in total.